The van der Waals surface area contributed by atoms with E-state index in [-0.39, 0.29) is 12.5 Å². The highest BCUT2D eigenvalue weighted by molar-refractivity contribution is 5.81. The minimum absolute atomic E-state index is 0.0247. The number of unbranched alkanes of at least 4 members (excludes halogenated alkanes) is 5. The Morgan fingerprint density at radius 2 is 1.67 bits per heavy atom. The Balaban J connectivity index is 2.54. The fraction of sp³-hybridized carbons (Fsp3) is 0.583. The van der Waals surface area contributed by atoms with E-state index in [0.717, 1.165) is 31.3 Å². The maximum absolute atomic E-state index is 11.0. The topological polar surface area (TPSA) is 122 Å². The summed E-state index contributed by atoms with van der Waals surface area (Å²) in [5, 5.41) is 18.5. The second-order valence-electron chi connectivity index (χ2n) is 8.07. The van der Waals surface area contributed by atoms with Gasteiger partial charge in [-0.25, -0.2) is 9.79 Å². The first-order valence-corrected chi connectivity index (χ1v) is 11.2. The Bertz CT molecular complexity index is 665. The summed E-state index contributed by atoms with van der Waals surface area (Å²) < 4.78 is 0. The van der Waals surface area contributed by atoms with Crippen LogP contribution in [-0.2, 0) is 11.2 Å². The number of carbonyl (C=O) groups is 1. The monoisotopic (exact) mass is 417 g/mol. The molecule has 1 aromatic carbocycles. The molecule has 0 unspecified atom stereocenters. The molecule has 6 nitrogen and oxygen atoms in total. The molecule has 1 rings (SSSR count). The predicted octanol–water partition coefficient (Wildman–Crippen LogP) is 4.76. The molecular formula is C24H39N3O3. The smallest absolute Gasteiger partial charge is 0.328 e. The molecule has 0 aromatic heterocycles. The Labute approximate surface area is 181 Å². The van der Waals surface area contributed by atoms with E-state index >= 15 is 0 Å². The molecule has 1 atom stereocenters. The number of hydrogen-bond donors (Lipinski definition) is 4. The molecule has 168 valence electrons. The zero-order chi connectivity index (χ0) is 22.2. The Kier molecular flexibility index (Phi) is 13.1. The maximum atomic E-state index is 11.0. The van der Waals surface area contributed by atoms with Crippen LogP contribution >= 0.6 is 0 Å². The Morgan fingerprint density at radius 3 is 2.27 bits per heavy atom. The number of phenols is 1. The SMILES string of the molecule is CCCCCCC[C@H](CCCCC(=CC(=O)O)CN=C(N)N)Cc1ccc(O)cc1. The third kappa shape index (κ3) is 12.9. The summed E-state index contributed by atoms with van der Waals surface area (Å²) in [5.41, 5.74) is 12.7. The first-order chi connectivity index (χ1) is 14.4. The highest BCUT2D eigenvalue weighted by Crippen LogP contribution is 2.24. The number of guanidine groups is 1. The fourth-order valence-corrected chi connectivity index (χ4v) is 3.70. The van der Waals surface area contributed by atoms with Crippen molar-refractivity contribution in [1.29, 1.82) is 0 Å². The number of carboxylic acid groups (broad SMARTS) is 1. The van der Waals surface area contributed by atoms with Crippen LogP contribution in [0.1, 0.15) is 76.7 Å². The number of nitrogens with zero attached hydrogens (tertiary/aromatic N) is 1. The molecule has 1 aromatic rings. The van der Waals surface area contributed by atoms with E-state index in [0.29, 0.717) is 18.1 Å². The molecule has 0 radical (unpaired) electrons. The van der Waals surface area contributed by atoms with Crippen molar-refractivity contribution in [3.63, 3.8) is 0 Å². The molecule has 0 heterocycles. The van der Waals surface area contributed by atoms with Crippen molar-refractivity contribution in [3.8, 4) is 5.75 Å². The number of hydrogen-bond acceptors (Lipinski definition) is 3. The zero-order valence-corrected chi connectivity index (χ0v) is 18.4. The van der Waals surface area contributed by atoms with Crippen LogP contribution in [0.25, 0.3) is 0 Å². The number of rotatable bonds is 16. The lowest BCUT2D eigenvalue weighted by Crippen LogP contribution is -2.23. The van der Waals surface area contributed by atoms with Gasteiger partial charge in [-0.15, -0.1) is 0 Å². The van der Waals surface area contributed by atoms with E-state index in [4.69, 9.17) is 16.6 Å². The van der Waals surface area contributed by atoms with Crippen molar-refractivity contribution >= 4 is 11.9 Å². The second-order valence-corrected chi connectivity index (χ2v) is 8.07. The molecule has 0 amide bonds. The molecule has 0 bridgehead atoms. The van der Waals surface area contributed by atoms with Gasteiger partial charge in [0.05, 0.1) is 6.54 Å². The van der Waals surface area contributed by atoms with Gasteiger partial charge in [-0.05, 0) is 48.4 Å². The first-order valence-electron chi connectivity index (χ1n) is 11.2. The number of benzene rings is 1. The summed E-state index contributed by atoms with van der Waals surface area (Å²) >= 11 is 0. The van der Waals surface area contributed by atoms with Gasteiger partial charge in [0.15, 0.2) is 5.96 Å². The fourth-order valence-electron chi connectivity index (χ4n) is 3.70. The van der Waals surface area contributed by atoms with Crippen LogP contribution in [-0.4, -0.2) is 28.7 Å². The van der Waals surface area contributed by atoms with Crippen molar-refractivity contribution in [3.05, 3.63) is 41.5 Å². The lowest BCUT2D eigenvalue weighted by Gasteiger charge is -2.17. The lowest BCUT2D eigenvalue weighted by molar-refractivity contribution is -0.131. The van der Waals surface area contributed by atoms with Crippen LogP contribution in [0.5, 0.6) is 5.75 Å². The van der Waals surface area contributed by atoms with Crippen molar-refractivity contribution in [2.45, 2.75) is 77.6 Å². The minimum atomic E-state index is -0.965. The minimum Gasteiger partial charge on any atom is -0.508 e. The molecular weight excluding hydrogens is 378 g/mol. The van der Waals surface area contributed by atoms with Crippen LogP contribution in [0.15, 0.2) is 40.9 Å². The normalized spacial score (nSPS) is 12.5. The van der Waals surface area contributed by atoms with Gasteiger partial charge >= 0.3 is 5.97 Å². The summed E-state index contributed by atoms with van der Waals surface area (Å²) in [6, 6.07) is 7.51. The van der Waals surface area contributed by atoms with Crippen molar-refractivity contribution < 1.29 is 15.0 Å². The number of nitrogens with two attached hydrogens (primary N) is 2. The number of carboxylic acids is 1. The van der Waals surface area contributed by atoms with E-state index in [2.05, 4.69) is 11.9 Å². The van der Waals surface area contributed by atoms with E-state index in [1.54, 1.807) is 12.1 Å². The Morgan fingerprint density at radius 1 is 1.03 bits per heavy atom. The van der Waals surface area contributed by atoms with Gasteiger partial charge in [0.1, 0.15) is 5.75 Å². The molecule has 0 aliphatic heterocycles. The quantitative estimate of drug-likeness (QED) is 0.134. The second kappa shape index (κ2) is 15.4. The molecule has 30 heavy (non-hydrogen) atoms. The molecule has 6 N–H and O–H groups in total. The molecule has 0 fully saturated rings. The van der Waals surface area contributed by atoms with Gasteiger partial charge < -0.3 is 21.7 Å². The van der Waals surface area contributed by atoms with Gasteiger partial charge in [-0.1, -0.05) is 70.4 Å². The average Bonchev–Trinajstić information content (AvgIpc) is 2.69. The summed E-state index contributed by atoms with van der Waals surface area (Å²) in [7, 11) is 0. The summed E-state index contributed by atoms with van der Waals surface area (Å²) in [6.45, 7) is 2.47. The van der Waals surface area contributed by atoms with Crippen LogP contribution in [0.4, 0.5) is 0 Å². The Hall–Kier alpha value is -2.50. The standard InChI is InChI=1S/C24H39N3O3/c1-2-3-4-5-6-9-19(16-20-12-14-22(28)15-13-20)10-7-8-11-21(17-23(29)30)18-27-24(25)26/h12-15,17,19,28H,2-11,16,18H2,1H3,(H,29,30)(H4,25,26,27)/t19-/m1/s1. The number of aliphatic imine (C=N–C) groups is 1. The van der Waals surface area contributed by atoms with Crippen LogP contribution in [0, 0.1) is 5.92 Å². The van der Waals surface area contributed by atoms with Crippen LogP contribution in [0.2, 0.25) is 0 Å². The van der Waals surface area contributed by atoms with Gasteiger partial charge in [0.2, 0.25) is 0 Å². The summed E-state index contributed by atoms with van der Waals surface area (Å²) in [4.78, 5) is 15.0. The highest BCUT2D eigenvalue weighted by Gasteiger charge is 2.11. The van der Waals surface area contributed by atoms with Gasteiger partial charge in [-0.3, -0.25) is 0 Å². The van der Waals surface area contributed by atoms with Crippen LogP contribution < -0.4 is 11.5 Å². The van der Waals surface area contributed by atoms with E-state index in [1.807, 2.05) is 12.1 Å². The number of phenolic OH excluding ortho intramolecular Hbond substituents is 1. The van der Waals surface area contributed by atoms with Gasteiger partial charge in [0.25, 0.3) is 0 Å². The van der Waals surface area contributed by atoms with E-state index in [9.17, 15) is 9.90 Å². The largest absolute Gasteiger partial charge is 0.508 e. The molecule has 6 heteroatoms. The molecule has 0 saturated heterocycles. The summed E-state index contributed by atoms with van der Waals surface area (Å²) in [6.07, 6.45) is 13.6. The zero-order valence-electron chi connectivity index (χ0n) is 18.4. The van der Waals surface area contributed by atoms with Crippen molar-refractivity contribution in [1.82, 2.24) is 0 Å². The number of aliphatic carboxylic acids is 1. The molecule has 0 aliphatic rings. The summed E-state index contributed by atoms with van der Waals surface area (Å²) in [5.74, 6) is -0.0921. The molecule has 0 saturated carbocycles. The van der Waals surface area contributed by atoms with E-state index < -0.39 is 5.97 Å². The first kappa shape index (κ1) is 25.5. The van der Waals surface area contributed by atoms with Gasteiger partial charge in [0, 0.05) is 6.08 Å². The maximum Gasteiger partial charge on any atom is 0.328 e. The predicted molar refractivity (Wildman–Crippen MR) is 124 cm³/mol. The lowest BCUT2D eigenvalue weighted by atomic mass is 9.88. The molecule has 0 spiro atoms. The third-order valence-electron chi connectivity index (χ3n) is 5.33. The molecule has 0 aliphatic carbocycles. The number of aromatic hydroxyl groups is 1. The highest BCUT2D eigenvalue weighted by atomic mass is 16.4. The van der Waals surface area contributed by atoms with Crippen molar-refractivity contribution in [2.24, 2.45) is 22.4 Å². The average molecular weight is 418 g/mol. The van der Waals surface area contributed by atoms with Crippen LogP contribution in [0.3, 0.4) is 0 Å². The van der Waals surface area contributed by atoms with E-state index in [1.165, 1.54) is 50.2 Å². The van der Waals surface area contributed by atoms with Gasteiger partial charge in [-0.2, -0.15) is 0 Å². The van der Waals surface area contributed by atoms with Crippen molar-refractivity contribution in [2.75, 3.05) is 6.54 Å². The third-order valence-corrected chi connectivity index (χ3v) is 5.33.